The number of hydrogen-bond donors (Lipinski definition) is 1. The minimum atomic E-state index is 0.475. The molecule has 0 aliphatic heterocycles. The third-order valence-electron chi connectivity index (χ3n) is 5.19. The first-order valence-corrected chi connectivity index (χ1v) is 9.34. The average Bonchev–Trinajstić information content (AvgIpc) is 3.19. The molecule has 0 aromatic carbocycles. The molecule has 0 unspecified atom stereocenters. The highest BCUT2D eigenvalue weighted by molar-refractivity contribution is 6.04. The van der Waals surface area contributed by atoms with E-state index in [9.17, 15) is 0 Å². The van der Waals surface area contributed by atoms with Gasteiger partial charge in [-0.1, -0.05) is 32.1 Å². The van der Waals surface area contributed by atoms with Crippen molar-refractivity contribution in [3.05, 3.63) is 18.5 Å². The zero-order valence-corrected chi connectivity index (χ0v) is 14.8. The minimum Gasteiger partial charge on any atom is -0.475 e. The normalized spacial score (nSPS) is 17.0. The number of fused-ring (bicyclic) bond motifs is 3. The Morgan fingerprint density at radius 3 is 2.68 bits per heavy atom. The second-order valence-electron chi connectivity index (χ2n) is 6.85. The molecule has 6 nitrogen and oxygen atoms in total. The molecule has 1 saturated carbocycles. The first kappa shape index (κ1) is 16.4. The number of aromatic amines is 1. The zero-order chi connectivity index (χ0) is 17.1. The van der Waals surface area contributed by atoms with Gasteiger partial charge in [-0.05, 0) is 18.9 Å². The van der Waals surface area contributed by atoms with Gasteiger partial charge < -0.3 is 9.47 Å². The molecule has 0 radical (unpaired) electrons. The number of hydrogen-bond acceptors (Lipinski definition) is 4. The smallest absolute Gasteiger partial charge is 0.217 e. The topological polar surface area (TPSA) is 65.0 Å². The van der Waals surface area contributed by atoms with Crippen molar-refractivity contribution in [2.75, 3.05) is 20.3 Å². The maximum absolute atomic E-state index is 5.95. The SMILES string of the molecule is COCCOc1[nH]n(C2CCCCCCC2)c2c1cnc1nccc12. The number of methoxy groups -OCH3 is 1. The molecule has 0 spiro atoms. The number of nitrogens with one attached hydrogen (secondary N) is 1. The quantitative estimate of drug-likeness (QED) is 0.705. The summed E-state index contributed by atoms with van der Waals surface area (Å²) in [5.74, 6) is 0.782. The lowest BCUT2D eigenvalue weighted by Crippen LogP contribution is -2.13. The number of H-pyrrole nitrogens is 1. The summed E-state index contributed by atoms with van der Waals surface area (Å²) in [4.78, 5) is 8.87. The number of rotatable bonds is 5. The van der Waals surface area contributed by atoms with Gasteiger partial charge in [-0.3, -0.25) is 9.78 Å². The van der Waals surface area contributed by atoms with Crippen LogP contribution in [0.1, 0.15) is 51.0 Å². The first-order chi connectivity index (χ1) is 12.4. The lowest BCUT2D eigenvalue weighted by molar-refractivity contribution is 0.143. The summed E-state index contributed by atoms with van der Waals surface area (Å²) in [5, 5.41) is 5.64. The van der Waals surface area contributed by atoms with Crippen LogP contribution in [0, 0.1) is 0 Å². The molecule has 25 heavy (non-hydrogen) atoms. The van der Waals surface area contributed by atoms with Gasteiger partial charge in [-0.25, -0.2) is 9.97 Å². The molecule has 1 aliphatic carbocycles. The maximum Gasteiger partial charge on any atom is 0.217 e. The van der Waals surface area contributed by atoms with Gasteiger partial charge in [-0.15, -0.1) is 0 Å². The van der Waals surface area contributed by atoms with Crippen LogP contribution in [0.3, 0.4) is 0 Å². The highest BCUT2D eigenvalue weighted by atomic mass is 16.5. The highest BCUT2D eigenvalue weighted by Crippen LogP contribution is 2.35. The van der Waals surface area contributed by atoms with E-state index in [1.807, 2.05) is 12.4 Å². The molecule has 1 aliphatic rings. The van der Waals surface area contributed by atoms with Gasteiger partial charge in [0.05, 0.1) is 23.6 Å². The summed E-state index contributed by atoms with van der Waals surface area (Å²) >= 11 is 0. The molecule has 3 aromatic heterocycles. The fourth-order valence-corrected chi connectivity index (χ4v) is 3.90. The Hall–Kier alpha value is -2.08. The van der Waals surface area contributed by atoms with E-state index >= 15 is 0 Å². The van der Waals surface area contributed by atoms with E-state index in [0.717, 1.165) is 22.3 Å². The molecule has 1 fully saturated rings. The molecular weight excluding hydrogens is 316 g/mol. The van der Waals surface area contributed by atoms with Crippen molar-refractivity contribution < 1.29 is 9.47 Å². The van der Waals surface area contributed by atoms with Gasteiger partial charge in [-0.2, -0.15) is 0 Å². The first-order valence-electron chi connectivity index (χ1n) is 9.34. The molecule has 6 heteroatoms. The van der Waals surface area contributed by atoms with Crippen LogP contribution in [0.4, 0.5) is 0 Å². The monoisotopic (exact) mass is 342 g/mol. The zero-order valence-electron chi connectivity index (χ0n) is 14.8. The molecule has 4 rings (SSSR count). The van der Waals surface area contributed by atoms with Crippen LogP contribution in [0.5, 0.6) is 5.88 Å². The number of ether oxygens (including phenoxy) is 2. The summed E-state index contributed by atoms with van der Waals surface area (Å²) in [7, 11) is 1.69. The van der Waals surface area contributed by atoms with Crippen LogP contribution in [0.15, 0.2) is 18.5 Å². The predicted molar refractivity (Wildman–Crippen MR) is 98.1 cm³/mol. The molecule has 0 saturated heterocycles. The Bertz CT molecular complexity index is 831. The van der Waals surface area contributed by atoms with Crippen LogP contribution in [-0.2, 0) is 4.74 Å². The van der Waals surface area contributed by atoms with E-state index in [0.29, 0.717) is 19.3 Å². The third kappa shape index (κ3) is 3.23. The van der Waals surface area contributed by atoms with Crippen molar-refractivity contribution in [2.45, 2.75) is 51.0 Å². The van der Waals surface area contributed by atoms with Gasteiger partial charge in [0.15, 0.2) is 5.65 Å². The molecule has 1 N–H and O–H groups in total. The fourth-order valence-electron chi connectivity index (χ4n) is 3.90. The number of pyridine rings is 1. The summed E-state index contributed by atoms with van der Waals surface area (Å²) in [5.41, 5.74) is 1.97. The summed E-state index contributed by atoms with van der Waals surface area (Å²) < 4.78 is 13.4. The van der Waals surface area contributed by atoms with E-state index in [2.05, 4.69) is 25.8 Å². The van der Waals surface area contributed by atoms with Gasteiger partial charge in [0.1, 0.15) is 6.61 Å². The van der Waals surface area contributed by atoms with Crippen LogP contribution in [-0.4, -0.2) is 40.1 Å². The van der Waals surface area contributed by atoms with Crippen molar-refractivity contribution in [3.63, 3.8) is 0 Å². The molecule has 0 atom stereocenters. The molecule has 0 amide bonds. The van der Waals surface area contributed by atoms with Crippen LogP contribution < -0.4 is 4.74 Å². The highest BCUT2D eigenvalue weighted by Gasteiger charge is 2.21. The predicted octanol–water partition coefficient (Wildman–Crippen LogP) is 4.22. The molecule has 3 heterocycles. The van der Waals surface area contributed by atoms with Gasteiger partial charge >= 0.3 is 0 Å². The Labute approximate surface area is 147 Å². The van der Waals surface area contributed by atoms with Crippen molar-refractivity contribution in [3.8, 4) is 5.88 Å². The summed E-state index contributed by atoms with van der Waals surface area (Å²) in [6.07, 6.45) is 12.7. The number of nitrogens with zero attached hydrogens (tertiary/aromatic N) is 3. The van der Waals surface area contributed by atoms with E-state index in [-0.39, 0.29) is 0 Å². The average molecular weight is 342 g/mol. The van der Waals surface area contributed by atoms with Crippen LogP contribution >= 0.6 is 0 Å². The van der Waals surface area contributed by atoms with Crippen molar-refractivity contribution in [1.29, 1.82) is 0 Å². The number of aromatic nitrogens is 4. The lowest BCUT2D eigenvalue weighted by atomic mass is 9.96. The second-order valence-corrected chi connectivity index (χ2v) is 6.85. The standard InChI is InChI=1S/C19H26N4O2/c1-24-11-12-25-19-16-13-21-18-15(9-10-20-18)17(16)23(22-19)14-7-5-3-2-4-6-8-14/h9-10,13-14,22H,2-8,11-12H2,1H3. The summed E-state index contributed by atoms with van der Waals surface area (Å²) in [6.45, 7) is 1.09. The minimum absolute atomic E-state index is 0.475. The van der Waals surface area contributed by atoms with E-state index in [1.54, 1.807) is 7.11 Å². The lowest BCUT2D eigenvalue weighted by Gasteiger charge is -2.22. The summed E-state index contributed by atoms with van der Waals surface area (Å²) in [6, 6.07) is 2.53. The largest absolute Gasteiger partial charge is 0.475 e. The van der Waals surface area contributed by atoms with Crippen molar-refractivity contribution >= 4 is 21.9 Å². The fraction of sp³-hybridized carbons (Fsp3) is 0.579. The molecule has 0 bridgehead atoms. The Balaban J connectivity index is 1.78. The third-order valence-corrected chi connectivity index (χ3v) is 5.19. The molecule has 3 aromatic rings. The van der Waals surface area contributed by atoms with Gasteiger partial charge in [0.25, 0.3) is 0 Å². The second kappa shape index (κ2) is 7.44. The van der Waals surface area contributed by atoms with Gasteiger partial charge in [0.2, 0.25) is 5.88 Å². The van der Waals surface area contributed by atoms with Crippen molar-refractivity contribution in [1.82, 2.24) is 19.7 Å². The van der Waals surface area contributed by atoms with Crippen LogP contribution in [0.25, 0.3) is 21.9 Å². The molecular formula is C19H26N4O2. The Kier molecular flexibility index (Phi) is 4.88. The Morgan fingerprint density at radius 2 is 1.88 bits per heavy atom. The van der Waals surface area contributed by atoms with Gasteiger partial charge in [0, 0.05) is 24.9 Å². The Morgan fingerprint density at radius 1 is 1.08 bits per heavy atom. The van der Waals surface area contributed by atoms with E-state index in [4.69, 9.17) is 9.47 Å². The van der Waals surface area contributed by atoms with E-state index < -0.39 is 0 Å². The van der Waals surface area contributed by atoms with Crippen molar-refractivity contribution in [2.24, 2.45) is 0 Å². The maximum atomic E-state index is 5.95. The van der Waals surface area contributed by atoms with E-state index in [1.165, 1.54) is 50.5 Å². The molecule has 134 valence electrons. The van der Waals surface area contributed by atoms with Crippen LogP contribution in [0.2, 0.25) is 0 Å².